The van der Waals surface area contributed by atoms with E-state index in [1.54, 1.807) is 11.8 Å². The van der Waals surface area contributed by atoms with Crippen molar-refractivity contribution >= 4 is 29.1 Å². The predicted molar refractivity (Wildman–Crippen MR) is 78.3 cm³/mol. The Morgan fingerprint density at radius 2 is 2.11 bits per heavy atom. The Labute approximate surface area is 118 Å². The molecule has 0 heterocycles. The number of hydrogen-bond acceptors (Lipinski definition) is 2. The first kappa shape index (κ1) is 13.7. The highest BCUT2D eigenvalue weighted by Crippen LogP contribution is 2.46. The van der Waals surface area contributed by atoms with Crippen molar-refractivity contribution in [3.05, 3.63) is 43.0 Å². The molecule has 0 unspecified atom stereocenters. The van der Waals surface area contributed by atoms with Crippen molar-refractivity contribution in [2.24, 2.45) is 5.41 Å². The summed E-state index contributed by atoms with van der Waals surface area (Å²) >= 11 is 8.02. The second-order valence-corrected chi connectivity index (χ2v) is 6.56. The molecule has 0 radical (unpaired) electrons. The molecule has 1 aliphatic carbocycles. The summed E-state index contributed by atoms with van der Waals surface area (Å²) in [6.45, 7) is 5.92. The molecule has 0 aromatic heterocycles. The molecule has 3 atom stereocenters. The van der Waals surface area contributed by atoms with Gasteiger partial charge in [-0.15, -0.1) is 29.9 Å². The zero-order valence-corrected chi connectivity index (χ0v) is 12.0. The molecule has 18 heavy (non-hydrogen) atoms. The largest absolute Gasteiger partial charge is 0.298 e. The summed E-state index contributed by atoms with van der Waals surface area (Å²) in [6, 6.07) is 10.0. The summed E-state index contributed by atoms with van der Waals surface area (Å²) in [5, 5.41) is -0.150. The third-order valence-electron chi connectivity index (χ3n) is 3.61. The maximum absolute atomic E-state index is 12.2. The molecule has 0 bridgehead atoms. The fraction of sp³-hybridized carbons (Fsp3) is 0.400. The Morgan fingerprint density at radius 3 is 2.72 bits per heavy atom. The Hall–Kier alpha value is -0.730. The lowest BCUT2D eigenvalue weighted by molar-refractivity contribution is -0.121. The van der Waals surface area contributed by atoms with Gasteiger partial charge in [-0.3, -0.25) is 4.79 Å². The number of hydrogen-bond donors (Lipinski definition) is 0. The van der Waals surface area contributed by atoms with E-state index in [0.717, 1.165) is 11.3 Å². The highest BCUT2D eigenvalue weighted by molar-refractivity contribution is 8.00. The average Bonchev–Trinajstić information content (AvgIpc) is 2.40. The van der Waals surface area contributed by atoms with E-state index >= 15 is 0 Å². The Balaban J connectivity index is 2.27. The van der Waals surface area contributed by atoms with Crippen molar-refractivity contribution in [1.82, 2.24) is 0 Å². The number of alkyl halides is 1. The number of ketones is 1. The molecule has 1 fully saturated rings. The third kappa shape index (κ3) is 2.50. The van der Waals surface area contributed by atoms with Crippen LogP contribution >= 0.6 is 23.4 Å². The van der Waals surface area contributed by atoms with Crippen LogP contribution in [0.15, 0.2) is 47.9 Å². The first-order chi connectivity index (χ1) is 8.58. The first-order valence-electron chi connectivity index (χ1n) is 6.10. The van der Waals surface area contributed by atoms with Crippen LogP contribution in [0.3, 0.4) is 0 Å². The van der Waals surface area contributed by atoms with Gasteiger partial charge in [0.15, 0.2) is 0 Å². The van der Waals surface area contributed by atoms with E-state index in [9.17, 15) is 4.79 Å². The lowest BCUT2D eigenvalue weighted by atomic mass is 9.74. The zero-order valence-electron chi connectivity index (χ0n) is 10.4. The van der Waals surface area contributed by atoms with Gasteiger partial charge >= 0.3 is 0 Å². The third-order valence-corrected chi connectivity index (χ3v) is 5.85. The molecule has 96 valence electrons. The van der Waals surface area contributed by atoms with Crippen LogP contribution in [0.1, 0.15) is 19.8 Å². The van der Waals surface area contributed by atoms with Crippen LogP contribution in [-0.4, -0.2) is 16.4 Å². The van der Waals surface area contributed by atoms with Gasteiger partial charge < -0.3 is 0 Å². The quantitative estimate of drug-likeness (QED) is 0.606. The number of carbonyl (C=O) groups is 1. The fourth-order valence-electron chi connectivity index (χ4n) is 2.28. The van der Waals surface area contributed by atoms with Gasteiger partial charge in [0.2, 0.25) is 0 Å². The molecule has 1 nitrogen and oxygen atoms in total. The smallest absolute Gasteiger partial charge is 0.147 e. The Kier molecular flexibility index (Phi) is 4.18. The maximum Gasteiger partial charge on any atom is 0.147 e. The van der Waals surface area contributed by atoms with Crippen molar-refractivity contribution in [3.8, 4) is 0 Å². The minimum absolute atomic E-state index is 0.0195. The van der Waals surface area contributed by atoms with E-state index in [2.05, 4.69) is 6.58 Å². The topological polar surface area (TPSA) is 17.1 Å². The number of carbonyl (C=O) groups excluding carboxylic acids is 1. The van der Waals surface area contributed by atoms with Gasteiger partial charge in [-0.2, -0.15) is 0 Å². The Morgan fingerprint density at radius 1 is 1.44 bits per heavy atom. The Bertz CT molecular complexity index is 445. The minimum atomic E-state index is -0.336. The van der Waals surface area contributed by atoms with Crippen LogP contribution in [0.2, 0.25) is 0 Å². The molecule has 2 rings (SSSR count). The molecule has 0 aliphatic heterocycles. The SMILES string of the molecule is C=C[C@@]1(C)[C@H](Cl)CCC(=O)[C@H]1Sc1ccccc1. The monoisotopic (exact) mass is 280 g/mol. The van der Waals surface area contributed by atoms with E-state index in [-0.39, 0.29) is 21.8 Å². The molecule has 1 aromatic rings. The summed E-state index contributed by atoms with van der Waals surface area (Å²) in [7, 11) is 0. The van der Waals surface area contributed by atoms with Gasteiger partial charge in [-0.25, -0.2) is 0 Å². The molecule has 1 saturated carbocycles. The number of allylic oxidation sites excluding steroid dienone is 1. The second-order valence-electron chi connectivity index (χ2n) is 4.85. The van der Waals surface area contributed by atoms with Gasteiger partial charge in [0.25, 0.3) is 0 Å². The van der Waals surface area contributed by atoms with E-state index in [1.165, 1.54) is 0 Å². The zero-order chi connectivity index (χ0) is 13.2. The van der Waals surface area contributed by atoms with Crippen molar-refractivity contribution in [3.63, 3.8) is 0 Å². The minimum Gasteiger partial charge on any atom is -0.298 e. The molecule has 0 spiro atoms. The molecule has 1 aliphatic rings. The summed E-state index contributed by atoms with van der Waals surface area (Å²) in [6.07, 6.45) is 3.17. The molecule has 0 N–H and O–H groups in total. The lowest BCUT2D eigenvalue weighted by Gasteiger charge is -2.41. The molecule has 0 amide bonds. The highest BCUT2D eigenvalue weighted by atomic mass is 35.5. The molecular formula is C15H17ClOS. The summed E-state index contributed by atoms with van der Waals surface area (Å²) in [5.41, 5.74) is -0.336. The molecule has 1 aromatic carbocycles. The lowest BCUT2D eigenvalue weighted by Crippen LogP contribution is -2.45. The van der Waals surface area contributed by atoms with Crippen LogP contribution in [0.25, 0.3) is 0 Å². The van der Waals surface area contributed by atoms with Crippen LogP contribution in [0, 0.1) is 5.41 Å². The average molecular weight is 281 g/mol. The van der Waals surface area contributed by atoms with Gasteiger partial charge in [-0.05, 0) is 18.6 Å². The fourth-order valence-corrected chi connectivity index (χ4v) is 4.03. The summed E-state index contributed by atoms with van der Waals surface area (Å²) < 4.78 is 0. The van der Waals surface area contributed by atoms with Gasteiger partial charge in [0, 0.05) is 22.1 Å². The van der Waals surface area contributed by atoms with Crippen molar-refractivity contribution in [2.75, 3.05) is 0 Å². The number of halogens is 1. The summed E-state index contributed by atoms with van der Waals surface area (Å²) in [4.78, 5) is 13.3. The number of thioether (sulfide) groups is 1. The van der Waals surface area contributed by atoms with E-state index in [1.807, 2.05) is 43.3 Å². The van der Waals surface area contributed by atoms with Crippen molar-refractivity contribution in [2.45, 2.75) is 35.3 Å². The van der Waals surface area contributed by atoms with E-state index in [0.29, 0.717) is 6.42 Å². The van der Waals surface area contributed by atoms with Crippen LogP contribution in [0.4, 0.5) is 0 Å². The molecule has 3 heteroatoms. The second kappa shape index (κ2) is 5.50. The normalized spacial score (nSPS) is 32.2. The standard InChI is InChI=1S/C15H17ClOS/c1-3-15(2)13(16)10-9-12(17)14(15)18-11-7-5-4-6-8-11/h3-8,13-14H,1,9-10H2,2H3/t13-,14-,15+/m1/s1. The van der Waals surface area contributed by atoms with Crippen LogP contribution < -0.4 is 0 Å². The van der Waals surface area contributed by atoms with E-state index < -0.39 is 0 Å². The van der Waals surface area contributed by atoms with Gasteiger partial charge in [0.1, 0.15) is 5.78 Å². The van der Waals surface area contributed by atoms with Crippen molar-refractivity contribution in [1.29, 1.82) is 0 Å². The van der Waals surface area contributed by atoms with Gasteiger partial charge in [-0.1, -0.05) is 31.2 Å². The van der Waals surface area contributed by atoms with E-state index in [4.69, 9.17) is 11.6 Å². The number of rotatable bonds is 3. The number of Topliss-reactive ketones (excluding diaryl/α,β-unsaturated/α-hetero) is 1. The van der Waals surface area contributed by atoms with Crippen molar-refractivity contribution < 1.29 is 4.79 Å². The first-order valence-corrected chi connectivity index (χ1v) is 7.41. The van der Waals surface area contributed by atoms with Crippen LogP contribution in [0.5, 0.6) is 0 Å². The summed E-state index contributed by atoms with van der Waals surface area (Å²) in [5.74, 6) is 0.281. The number of benzene rings is 1. The van der Waals surface area contributed by atoms with Crippen LogP contribution in [-0.2, 0) is 4.79 Å². The van der Waals surface area contributed by atoms with Gasteiger partial charge in [0.05, 0.1) is 5.25 Å². The molecular weight excluding hydrogens is 264 g/mol. The predicted octanol–water partition coefficient (Wildman–Crippen LogP) is 4.31. The molecule has 0 saturated heterocycles. The highest BCUT2D eigenvalue weighted by Gasteiger charge is 2.46. The maximum atomic E-state index is 12.2.